The summed E-state index contributed by atoms with van der Waals surface area (Å²) in [4.78, 5) is 24.5. The third-order valence-electron chi connectivity index (χ3n) is 3.77. The summed E-state index contributed by atoms with van der Waals surface area (Å²) in [7, 11) is 0. The molecule has 0 spiro atoms. The molecule has 3 heterocycles. The molecule has 1 aliphatic rings. The van der Waals surface area contributed by atoms with Crippen molar-refractivity contribution in [2.45, 2.75) is 20.1 Å². The molecule has 2 aromatic heterocycles. The highest BCUT2D eigenvalue weighted by atomic mass is 35.5. The molecule has 11 heteroatoms. The van der Waals surface area contributed by atoms with Crippen LogP contribution in [0.5, 0.6) is 11.5 Å². The van der Waals surface area contributed by atoms with Gasteiger partial charge in [-0.05, 0) is 13.0 Å². The van der Waals surface area contributed by atoms with Crippen LogP contribution in [0.3, 0.4) is 0 Å². The topological polar surface area (TPSA) is 99.4 Å². The van der Waals surface area contributed by atoms with Gasteiger partial charge in [0.2, 0.25) is 5.76 Å². The Morgan fingerprint density at radius 3 is 2.46 bits per heavy atom. The molecule has 0 atom stereocenters. The number of carbonyl (C=O) groups excluding carboxylic acids is 1. The number of alkyl halides is 2. The van der Waals surface area contributed by atoms with Crippen LogP contribution < -0.4 is 14.8 Å². The molecule has 8 nitrogen and oxygen atoms in total. The highest BCUT2D eigenvalue weighted by molar-refractivity contribution is 6.33. The Balaban J connectivity index is 1.56. The van der Waals surface area contributed by atoms with Crippen molar-refractivity contribution in [1.82, 2.24) is 15.0 Å². The van der Waals surface area contributed by atoms with Crippen molar-refractivity contribution in [3.05, 3.63) is 46.9 Å². The Labute approximate surface area is 161 Å². The second-order valence-corrected chi connectivity index (χ2v) is 6.24. The summed E-state index contributed by atoms with van der Waals surface area (Å²) in [6.07, 6.45) is -1.13. The standard InChI is InChI=1S/C17H11ClF2N4O4/c1-7-15(26-8(2)23-7)16(25)24-14-6-21-11(5-22-14)9-3-12-13(4-10(9)18)28-17(19,20)27-12/h3-6H,1-2H3,(H,22,24,25). The molecule has 0 aliphatic carbocycles. The lowest BCUT2D eigenvalue weighted by Gasteiger charge is -2.07. The van der Waals surface area contributed by atoms with E-state index in [0.29, 0.717) is 17.1 Å². The first-order valence-electron chi connectivity index (χ1n) is 7.89. The molecule has 1 N–H and O–H groups in total. The number of amides is 1. The molecule has 0 radical (unpaired) electrons. The SMILES string of the molecule is Cc1nc(C)c(C(=O)Nc2cnc(-c3cc4c(cc3Cl)OC(F)(F)O4)cn2)o1. The summed E-state index contributed by atoms with van der Waals surface area (Å²) in [6, 6.07) is 2.49. The lowest BCUT2D eigenvalue weighted by molar-refractivity contribution is -0.286. The Morgan fingerprint density at radius 2 is 1.86 bits per heavy atom. The van der Waals surface area contributed by atoms with Gasteiger partial charge in [-0.15, -0.1) is 8.78 Å². The second kappa shape index (κ2) is 6.41. The number of rotatable bonds is 3. The van der Waals surface area contributed by atoms with Crippen molar-refractivity contribution < 1.29 is 27.5 Å². The lowest BCUT2D eigenvalue weighted by atomic mass is 10.1. The normalized spacial score (nSPS) is 14.2. The van der Waals surface area contributed by atoms with Gasteiger partial charge in [0, 0.05) is 18.6 Å². The van der Waals surface area contributed by atoms with Crippen LogP contribution in [0.4, 0.5) is 14.6 Å². The van der Waals surface area contributed by atoms with E-state index in [1.807, 2.05) is 0 Å². The predicted molar refractivity (Wildman–Crippen MR) is 92.6 cm³/mol. The minimum absolute atomic E-state index is 0.0723. The number of hydrogen-bond donors (Lipinski definition) is 1. The summed E-state index contributed by atoms with van der Waals surface area (Å²) in [5, 5.41) is 2.66. The van der Waals surface area contributed by atoms with Crippen molar-refractivity contribution in [2.75, 3.05) is 5.32 Å². The number of nitrogens with one attached hydrogen (secondary N) is 1. The van der Waals surface area contributed by atoms with E-state index in [1.165, 1.54) is 24.5 Å². The molecule has 4 rings (SSSR count). The number of oxazole rings is 1. The zero-order chi connectivity index (χ0) is 20.1. The molecule has 1 aliphatic heterocycles. The molecular formula is C17H11ClF2N4O4. The first-order valence-corrected chi connectivity index (χ1v) is 8.27. The smallest absolute Gasteiger partial charge is 0.436 e. The number of nitrogens with zero attached hydrogens (tertiary/aromatic N) is 3. The minimum Gasteiger partial charge on any atom is -0.436 e. The monoisotopic (exact) mass is 408 g/mol. The highest BCUT2D eigenvalue weighted by Gasteiger charge is 2.43. The van der Waals surface area contributed by atoms with Gasteiger partial charge < -0.3 is 19.2 Å². The van der Waals surface area contributed by atoms with E-state index >= 15 is 0 Å². The van der Waals surface area contributed by atoms with Crippen LogP contribution in [0, 0.1) is 13.8 Å². The molecule has 144 valence electrons. The first kappa shape index (κ1) is 18.1. The Kier molecular flexibility index (Phi) is 4.15. The number of halogens is 3. The summed E-state index contributed by atoms with van der Waals surface area (Å²) in [6.45, 7) is 3.27. The van der Waals surface area contributed by atoms with E-state index < -0.39 is 12.2 Å². The first-order chi connectivity index (χ1) is 13.2. The van der Waals surface area contributed by atoms with Gasteiger partial charge in [0.15, 0.2) is 23.2 Å². The summed E-state index contributed by atoms with van der Waals surface area (Å²) in [5.74, 6) is -0.266. The molecule has 0 bridgehead atoms. The van der Waals surface area contributed by atoms with Crippen LogP contribution in [0.1, 0.15) is 22.1 Å². The Hall–Kier alpha value is -3.27. The molecule has 3 aromatic rings. The average molecular weight is 409 g/mol. The zero-order valence-corrected chi connectivity index (χ0v) is 15.2. The van der Waals surface area contributed by atoms with Crippen molar-refractivity contribution in [3.8, 4) is 22.8 Å². The van der Waals surface area contributed by atoms with E-state index in [1.54, 1.807) is 13.8 Å². The summed E-state index contributed by atoms with van der Waals surface area (Å²) in [5.41, 5.74) is 1.05. The van der Waals surface area contributed by atoms with Gasteiger partial charge in [-0.2, -0.15) is 0 Å². The highest BCUT2D eigenvalue weighted by Crippen LogP contribution is 2.45. The van der Waals surface area contributed by atoms with E-state index in [-0.39, 0.29) is 33.8 Å². The van der Waals surface area contributed by atoms with Crippen molar-refractivity contribution in [2.24, 2.45) is 0 Å². The molecule has 1 amide bonds. The van der Waals surface area contributed by atoms with E-state index in [9.17, 15) is 13.6 Å². The van der Waals surface area contributed by atoms with E-state index in [2.05, 4.69) is 29.7 Å². The van der Waals surface area contributed by atoms with Gasteiger partial charge in [0.05, 0.1) is 28.8 Å². The molecule has 0 saturated carbocycles. The number of benzene rings is 1. The summed E-state index contributed by atoms with van der Waals surface area (Å²) >= 11 is 6.12. The third-order valence-corrected chi connectivity index (χ3v) is 4.08. The third kappa shape index (κ3) is 3.33. The van der Waals surface area contributed by atoms with Crippen LogP contribution in [0.15, 0.2) is 28.9 Å². The van der Waals surface area contributed by atoms with E-state index in [0.717, 1.165) is 0 Å². The maximum atomic E-state index is 13.2. The lowest BCUT2D eigenvalue weighted by Crippen LogP contribution is -2.25. The van der Waals surface area contributed by atoms with Gasteiger partial charge in [-0.3, -0.25) is 9.78 Å². The number of carbonyl (C=O) groups is 1. The average Bonchev–Trinajstić information content (AvgIpc) is 3.11. The molecule has 0 fully saturated rings. The number of anilines is 1. The zero-order valence-electron chi connectivity index (χ0n) is 14.4. The molecule has 0 saturated heterocycles. The Bertz CT molecular complexity index is 1090. The number of fused-ring (bicyclic) bond motifs is 1. The van der Waals surface area contributed by atoms with Crippen molar-refractivity contribution in [1.29, 1.82) is 0 Å². The molecule has 28 heavy (non-hydrogen) atoms. The maximum Gasteiger partial charge on any atom is 0.586 e. The van der Waals surface area contributed by atoms with Crippen molar-refractivity contribution >= 4 is 23.3 Å². The van der Waals surface area contributed by atoms with Crippen molar-refractivity contribution in [3.63, 3.8) is 0 Å². The minimum atomic E-state index is -3.75. The van der Waals surface area contributed by atoms with Crippen LogP contribution in [0.25, 0.3) is 11.3 Å². The van der Waals surface area contributed by atoms with Gasteiger partial charge in [-0.25, -0.2) is 9.97 Å². The summed E-state index contributed by atoms with van der Waals surface area (Å²) < 4.78 is 40.4. The van der Waals surface area contributed by atoms with Gasteiger partial charge in [0.25, 0.3) is 5.91 Å². The predicted octanol–water partition coefficient (Wildman–Crippen LogP) is 3.98. The van der Waals surface area contributed by atoms with Crippen LogP contribution in [-0.4, -0.2) is 27.2 Å². The van der Waals surface area contributed by atoms with Gasteiger partial charge in [0.1, 0.15) is 0 Å². The Morgan fingerprint density at radius 1 is 1.14 bits per heavy atom. The molecule has 1 aromatic carbocycles. The van der Waals surface area contributed by atoms with Crippen LogP contribution >= 0.6 is 11.6 Å². The largest absolute Gasteiger partial charge is 0.586 e. The maximum absolute atomic E-state index is 13.2. The number of aromatic nitrogens is 3. The van der Waals surface area contributed by atoms with Crippen LogP contribution in [0.2, 0.25) is 5.02 Å². The molecule has 0 unspecified atom stereocenters. The van der Waals surface area contributed by atoms with Gasteiger partial charge >= 0.3 is 6.29 Å². The second-order valence-electron chi connectivity index (χ2n) is 5.83. The fourth-order valence-corrected chi connectivity index (χ4v) is 2.87. The number of ether oxygens (including phenoxy) is 2. The quantitative estimate of drug-likeness (QED) is 0.699. The fraction of sp³-hybridized carbons (Fsp3) is 0.176. The molecular weight excluding hydrogens is 398 g/mol. The number of aryl methyl sites for hydroxylation is 2. The van der Waals surface area contributed by atoms with Crippen LogP contribution in [-0.2, 0) is 0 Å². The fourth-order valence-electron chi connectivity index (χ4n) is 2.61. The van der Waals surface area contributed by atoms with Gasteiger partial charge in [-0.1, -0.05) is 11.6 Å². The number of hydrogen-bond acceptors (Lipinski definition) is 7. The van der Waals surface area contributed by atoms with E-state index in [4.69, 9.17) is 16.0 Å².